The molecule has 0 spiro atoms. The summed E-state index contributed by atoms with van der Waals surface area (Å²) < 4.78 is 5.21. The topological polar surface area (TPSA) is 59.0 Å². The number of isocyanates is 1. The molecule has 1 aliphatic rings. The number of unbranched alkanes of at least 4 members (excludes halogenated alkanes) is 2. The van der Waals surface area contributed by atoms with Gasteiger partial charge in [0.2, 0.25) is 6.08 Å². The molecule has 0 aromatic rings. The van der Waals surface area contributed by atoms with Crippen LogP contribution in [0.25, 0.3) is 0 Å². The van der Waals surface area contributed by atoms with Gasteiger partial charge in [-0.1, -0.05) is 12.8 Å². The molecule has 0 aromatic heterocycles. The first-order valence-electron chi connectivity index (χ1n) is 7.24. The number of hydrogen-bond acceptors (Lipinski definition) is 5. The number of piperidine rings is 1. The van der Waals surface area contributed by atoms with Gasteiger partial charge in [0.05, 0.1) is 6.54 Å². The van der Waals surface area contributed by atoms with Crippen LogP contribution in [0.2, 0.25) is 0 Å². The van der Waals surface area contributed by atoms with Crippen LogP contribution in [0.3, 0.4) is 0 Å². The highest BCUT2D eigenvalue weighted by Gasteiger charge is 2.10. The molecule has 0 aliphatic carbocycles. The van der Waals surface area contributed by atoms with E-state index in [2.05, 4.69) is 9.89 Å². The van der Waals surface area contributed by atoms with Crippen LogP contribution in [-0.4, -0.2) is 49.7 Å². The van der Waals surface area contributed by atoms with Gasteiger partial charge < -0.3 is 4.74 Å². The number of likely N-dealkylation sites (tertiary alicyclic amines) is 1. The summed E-state index contributed by atoms with van der Waals surface area (Å²) in [4.78, 5) is 27.1. The normalized spacial score (nSPS) is 15.8. The molecule has 0 saturated carbocycles. The Morgan fingerprint density at radius 1 is 1.16 bits per heavy atom. The maximum atomic E-state index is 11.4. The Hall–Kier alpha value is -1.19. The third-order valence-electron chi connectivity index (χ3n) is 3.33. The van der Waals surface area contributed by atoms with Crippen molar-refractivity contribution in [2.45, 2.75) is 44.9 Å². The van der Waals surface area contributed by atoms with Crippen LogP contribution < -0.4 is 0 Å². The lowest BCUT2D eigenvalue weighted by Crippen LogP contribution is -2.33. The second-order valence-electron chi connectivity index (χ2n) is 4.91. The van der Waals surface area contributed by atoms with E-state index in [1.807, 2.05) is 0 Å². The fourth-order valence-corrected chi connectivity index (χ4v) is 2.23. The van der Waals surface area contributed by atoms with E-state index in [4.69, 9.17) is 4.74 Å². The molecule has 0 unspecified atom stereocenters. The van der Waals surface area contributed by atoms with Crippen molar-refractivity contribution in [1.82, 2.24) is 4.90 Å². The summed E-state index contributed by atoms with van der Waals surface area (Å²) in [5.74, 6) is -0.115. The maximum absolute atomic E-state index is 11.4. The van der Waals surface area contributed by atoms with Gasteiger partial charge in [-0.3, -0.25) is 9.69 Å². The molecule has 0 atom stereocenters. The van der Waals surface area contributed by atoms with Crippen molar-refractivity contribution in [3.8, 4) is 0 Å². The van der Waals surface area contributed by atoms with Crippen molar-refractivity contribution in [2.24, 2.45) is 4.99 Å². The quantitative estimate of drug-likeness (QED) is 0.277. The Bertz CT molecular complexity index is 295. The zero-order valence-corrected chi connectivity index (χ0v) is 11.6. The zero-order valence-electron chi connectivity index (χ0n) is 11.6. The highest BCUT2D eigenvalue weighted by Crippen LogP contribution is 2.08. The van der Waals surface area contributed by atoms with Gasteiger partial charge in [0.15, 0.2) is 0 Å². The SMILES string of the molecule is O=C=NCCCCCC(=O)OCCN1CCCCC1. The Morgan fingerprint density at radius 3 is 2.68 bits per heavy atom. The molecule has 1 rings (SSSR count). The first-order chi connectivity index (χ1) is 9.33. The van der Waals surface area contributed by atoms with Gasteiger partial charge in [-0.05, 0) is 38.8 Å². The van der Waals surface area contributed by atoms with Gasteiger partial charge >= 0.3 is 5.97 Å². The molecule has 0 amide bonds. The highest BCUT2D eigenvalue weighted by molar-refractivity contribution is 5.69. The second-order valence-corrected chi connectivity index (χ2v) is 4.91. The molecule has 19 heavy (non-hydrogen) atoms. The second kappa shape index (κ2) is 10.7. The molecule has 1 heterocycles. The van der Waals surface area contributed by atoms with Gasteiger partial charge in [-0.2, -0.15) is 0 Å². The van der Waals surface area contributed by atoms with Crippen molar-refractivity contribution in [3.63, 3.8) is 0 Å². The predicted octanol–water partition coefficient (Wildman–Crippen LogP) is 1.91. The summed E-state index contributed by atoms with van der Waals surface area (Å²) >= 11 is 0. The average Bonchev–Trinajstić information content (AvgIpc) is 2.44. The van der Waals surface area contributed by atoms with E-state index in [1.54, 1.807) is 0 Å². The van der Waals surface area contributed by atoms with Crippen molar-refractivity contribution >= 4 is 12.0 Å². The van der Waals surface area contributed by atoms with Crippen LogP contribution in [0.4, 0.5) is 0 Å². The van der Waals surface area contributed by atoms with E-state index in [-0.39, 0.29) is 5.97 Å². The highest BCUT2D eigenvalue weighted by atomic mass is 16.5. The van der Waals surface area contributed by atoms with Gasteiger partial charge in [-0.25, -0.2) is 9.79 Å². The van der Waals surface area contributed by atoms with E-state index in [0.717, 1.165) is 38.9 Å². The molecule has 1 fully saturated rings. The number of nitrogens with zero attached hydrogens (tertiary/aromatic N) is 2. The van der Waals surface area contributed by atoms with Crippen LogP contribution >= 0.6 is 0 Å². The third kappa shape index (κ3) is 8.51. The minimum absolute atomic E-state index is 0.115. The average molecular weight is 268 g/mol. The number of hydrogen-bond donors (Lipinski definition) is 0. The van der Waals surface area contributed by atoms with E-state index in [0.29, 0.717) is 19.6 Å². The lowest BCUT2D eigenvalue weighted by Gasteiger charge is -2.25. The summed E-state index contributed by atoms with van der Waals surface area (Å²) in [6.45, 7) is 4.14. The summed E-state index contributed by atoms with van der Waals surface area (Å²) in [6, 6.07) is 0. The summed E-state index contributed by atoms with van der Waals surface area (Å²) in [7, 11) is 0. The van der Waals surface area contributed by atoms with Crippen molar-refractivity contribution in [1.29, 1.82) is 0 Å². The van der Waals surface area contributed by atoms with Gasteiger partial charge in [0, 0.05) is 13.0 Å². The van der Waals surface area contributed by atoms with Gasteiger partial charge in [0.1, 0.15) is 6.61 Å². The number of ether oxygens (including phenoxy) is 1. The Morgan fingerprint density at radius 2 is 1.95 bits per heavy atom. The Balaban J connectivity index is 1.91. The summed E-state index contributed by atoms with van der Waals surface area (Å²) in [5.41, 5.74) is 0. The zero-order chi connectivity index (χ0) is 13.8. The first-order valence-corrected chi connectivity index (χ1v) is 7.24. The first kappa shape index (κ1) is 15.9. The molecule has 0 radical (unpaired) electrons. The van der Waals surface area contributed by atoms with Crippen LogP contribution in [0.5, 0.6) is 0 Å². The number of carbonyl (C=O) groups excluding carboxylic acids is 2. The van der Waals surface area contributed by atoms with E-state index >= 15 is 0 Å². The number of aliphatic imine (C=N–C) groups is 1. The van der Waals surface area contributed by atoms with E-state index in [9.17, 15) is 9.59 Å². The van der Waals surface area contributed by atoms with Crippen LogP contribution in [0.15, 0.2) is 4.99 Å². The van der Waals surface area contributed by atoms with Crippen LogP contribution in [-0.2, 0) is 14.3 Å². The summed E-state index contributed by atoms with van der Waals surface area (Å²) in [6.07, 6.45) is 8.34. The van der Waals surface area contributed by atoms with Crippen LogP contribution in [0.1, 0.15) is 44.9 Å². The third-order valence-corrected chi connectivity index (χ3v) is 3.33. The summed E-state index contributed by atoms with van der Waals surface area (Å²) in [5, 5.41) is 0. The standard InChI is InChI=1S/C14H24N2O3/c17-13-15-8-4-1-3-7-14(18)19-12-11-16-9-5-2-6-10-16/h1-12H2. The molecule has 0 bridgehead atoms. The molecule has 0 aromatic carbocycles. The van der Waals surface area contributed by atoms with E-state index < -0.39 is 0 Å². The molecular weight excluding hydrogens is 244 g/mol. The van der Waals surface area contributed by atoms with Crippen molar-refractivity contribution in [3.05, 3.63) is 0 Å². The fourth-order valence-electron chi connectivity index (χ4n) is 2.23. The Kier molecular flexibility index (Phi) is 8.94. The molecule has 1 aliphatic heterocycles. The molecule has 5 heteroatoms. The predicted molar refractivity (Wildman–Crippen MR) is 72.7 cm³/mol. The molecule has 0 N–H and O–H groups in total. The smallest absolute Gasteiger partial charge is 0.305 e. The molecule has 108 valence electrons. The van der Waals surface area contributed by atoms with Crippen LogP contribution in [0, 0.1) is 0 Å². The number of esters is 1. The number of rotatable bonds is 9. The maximum Gasteiger partial charge on any atom is 0.305 e. The Labute approximate surface area is 115 Å². The lowest BCUT2D eigenvalue weighted by molar-refractivity contribution is -0.144. The molecular formula is C14H24N2O3. The largest absolute Gasteiger partial charge is 0.464 e. The van der Waals surface area contributed by atoms with Gasteiger partial charge in [0.25, 0.3) is 0 Å². The minimum atomic E-state index is -0.115. The fraction of sp³-hybridized carbons (Fsp3) is 0.857. The minimum Gasteiger partial charge on any atom is -0.464 e. The number of carbonyl (C=O) groups is 1. The monoisotopic (exact) mass is 268 g/mol. The van der Waals surface area contributed by atoms with Crippen molar-refractivity contribution < 1.29 is 14.3 Å². The van der Waals surface area contributed by atoms with E-state index in [1.165, 1.54) is 25.3 Å². The lowest BCUT2D eigenvalue weighted by atomic mass is 10.1. The molecule has 5 nitrogen and oxygen atoms in total. The molecule has 1 saturated heterocycles. The van der Waals surface area contributed by atoms with Crippen molar-refractivity contribution in [2.75, 3.05) is 32.8 Å². The van der Waals surface area contributed by atoms with Gasteiger partial charge in [-0.15, -0.1) is 0 Å².